The largest absolute Gasteiger partial charge is 0.482 e. The summed E-state index contributed by atoms with van der Waals surface area (Å²) in [5.74, 6) is 1.34. The second-order valence-corrected chi connectivity index (χ2v) is 23.0. The van der Waals surface area contributed by atoms with Gasteiger partial charge in [-0.3, -0.25) is 28.7 Å². The van der Waals surface area contributed by atoms with E-state index in [0.717, 1.165) is 73.7 Å². The normalized spacial score (nSPS) is 19.4. The Morgan fingerprint density at radius 2 is 1.66 bits per heavy atom. The first-order valence-electron chi connectivity index (χ1n) is 24.6. The first-order valence-corrected chi connectivity index (χ1v) is 26.7. The number of ether oxygens (including phenoxy) is 1. The molecule has 3 amide bonds. The van der Waals surface area contributed by atoms with E-state index < -0.39 is 41.5 Å². The molecular formula is C54H61ClN10O6S2. The second-order valence-electron chi connectivity index (χ2n) is 20.5. The molecule has 0 bridgehead atoms. The van der Waals surface area contributed by atoms with Gasteiger partial charge in [0.1, 0.15) is 46.3 Å². The van der Waals surface area contributed by atoms with Gasteiger partial charge in [-0.1, -0.05) is 68.8 Å². The Morgan fingerprint density at radius 1 is 0.918 bits per heavy atom. The van der Waals surface area contributed by atoms with Gasteiger partial charge < -0.3 is 30.3 Å². The van der Waals surface area contributed by atoms with Crippen molar-refractivity contribution in [2.24, 2.45) is 16.3 Å². The number of benzene rings is 2. The van der Waals surface area contributed by atoms with Crippen LogP contribution < -0.4 is 20.3 Å². The van der Waals surface area contributed by atoms with E-state index in [2.05, 4.69) is 54.1 Å². The molecule has 2 saturated heterocycles. The number of carbonyl (C=O) groups excluding carboxylic acids is 4. The third kappa shape index (κ3) is 11.1. The lowest BCUT2D eigenvalue weighted by Crippen LogP contribution is -2.58. The summed E-state index contributed by atoms with van der Waals surface area (Å²) in [4.78, 5) is 75.4. The monoisotopic (exact) mass is 1040 g/mol. The number of β-amino-alcohol motifs (C(OH)–C–C–N with tert-alkyl or cyclic N) is 1. The number of pyridine rings is 1. The van der Waals surface area contributed by atoms with Crippen LogP contribution in [0.1, 0.15) is 110 Å². The lowest BCUT2D eigenvalue weighted by atomic mass is 9.85. The number of likely N-dealkylation sites (tertiary alicyclic amines) is 1. The summed E-state index contributed by atoms with van der Waals surface area (Å²) in [6.45, 7) is 16.4. The second kappa shape index (κ2) is 21.2. The van der Waals surface area contributed by atoms with Crippen LogP contribution in [0.2, 0.25) is 5.02 Å². The zero-order valence-corrected chi connectivity index (χ0v) is 44.7. The molecule has 6 atom stereocenters. The molecule has 73 heavy (non-hydrogen) atoms. The number of amides is 3. The molecule has 0 radical (unpaired) electrons. The van der Waals surface area contributed by atoms with Crippen molar-refractivity contribution >= 4 is 69.3 Å². The Hall–Kier alpha value is -6.34. The highest BCUT2D eigenvalue weighted by atomic mass is 35.5. The van der Waals surface area contributed by atoms with Crippen molar-refractivity contribution in [3.8, 4) is 21.2 Å². The number of carbonyl (C=O) groups is 4. The number of aliphatic imine (C=N–C) groups is 1. The minimum atomic E-state index is -1.02. The van der Waals surface area contributed by atoms with Gasteiger partial charge >= 0.3 is 0 Å². The van der Waals surface area contributed by atoms with Crippen molar-refractivity contribution in [1.29, 1.82) is 0 Å². The van der Waals surface area contributed by atoms with Crippen LogP contribution in [0.3, 0.4) is 0 Å². The Labute approximate surface area is 438 Å². The SMILES string of the molecule is Cc1ncsc1-c1ccc([C@H](C)NC(=O)[C@@H]2C[C@@H](O)CN2C(=O)[C@@H](NC(=O)COc2ccc(N3CC[C@@H](CC(=O)C[C@@H]4N=C(c5ccc(Cl)cc5)c5c(sc(C)c5C)-n5c(C)nnc54)C3)nc2)C(C)(C)C)cc1. The summed E-state index contributed by atoms with van der Waals surface area (Å²) in [5.41, 5.74) is 7.85. The van der Waals surface area contributed by atoms with E-state index in [9.17, 15) is 24.3 Å². The molecule has 3 aliphatic heterocycles. The fourth-order valence-corrected chi connectivity index (χ4v) is 12.1. The summed E-state index contributed by atoms with van der Waals surface area (Å²) in [7, 11) is 0. The van der Waals surface area contributed by atoms with Crippen LogP contribution in [0.15, 0.2) is 77.4 Å². The van der Waals surface area contributed by atoms with Gasteiger partial charge in [-0.15, -0.1) is 32.9 Å². The van der Waals surface area contributed by atoms with Crippen LogP contribution in [0.4, 0.5) is 5.82 Å². The number of nitrogens with zero attached hydrogens (tertiary/aromatic N) is 8. The average Bonchev–Trinajstić information content (AvgIpc) is 4.20. The molecule has 6 aromatic rings. The summed E-state index contributed by atoms with van der Waals surface area (Å²) < 4.78 is 7.92. The van der Waals surface area contributed by atoms with Crippen LogP contribution in [0, 0.1) is 39.0 Å². The van der Waals surface area contributed by atoms with Gasteiger partial charge in [0, 0.05) is 59.9 Å². The van der Waals surface area contributed by atoms with Crippen molar-refractivity contribution in [3.63, 3.8) is 0 Å². The van der Waals surface area contributed by atoms with E-state index in [-0.39, 0.29) is 49.6 Å². The van der Waals surface area contributed by atoms with Crippen LogP contribution >= 0.6 is 34.3 Å². The van der Waals surface area contributed by atoms with E-state index in [1.54, 1.807) is 34.9 Å². The fraction of sp³-hybridized carbons (Fsp3) is 0.426. The number of ketones is 1. The number of Topliss-reactive ketones (excluding diaryl/α,β-unsaturated/α-hetero) is 1. The molecule has 0 aliphatic carbocycles. The van der Waals surface area contributed by atoms with Crippen LogP contribution in [0.25, 0.3) is 15.4 Å². The average molecular weight is 1050 g/mol. The number of aliphatic hydroxyl groups is 1. The summed E-state index contributed by atoms with van der Waals surface area (Å²) in [6.07, 6.45) is 2.12. The summed E-state index contributed by atoms with van der Waals surface area (Å²) in [6, 6.07) is 16.3. The predicted octanol–water partition coefficient (Wildman–Crippen LogP) is 8.25. The van der Waals surface area contributed by atoms with Crippen LogP contribution in [0.5, 0.6) is 5.75 Å². The first-order chi connectivity index (χ1) is 34.8. The molecule has 16 nitrogen and oxygen atoms in total. The van der Waals surface area contributed by atoms with Gasteiger partial charge in [0.25, 0.3) is 5.91 Å². The molecule has 2 aromatic carbocycles. The van der Waals surface area contributed by atoms with Crippen molar-refractivity contribution < 1.29 is 29.0 Å². The molecule has 7 heterocycles. The van der Waals surface area contributed by atoms with Gasteiger partial charge in [-0.05, 0) is 93.3 Å². The highest BCUT2D eigenvalue weighted by Crippen LogP contribution is 2.40. The fourth-order valence-electron chi connectivity index (χ4n) is 9.97. The number of anilines is 1. The number of hydrogen-bond acceptors (Lipinski definition) is 14. The third-order valence-corrected chi connectivity index (χ3v) is 16.5. The van der Waals surface area contributed by atoms with Crippen molar-refractivity contribution in [2.75, 3.05) is 31.1 Å². The highest BCUT2D eigenvalue weighted by molar-refractivity contribution is 7.15. The van der Waals surface area contributed by atoms with Crippen LogP contribution in [-0.4, -0.2) is 108 Å². The quantitative estimate of drug-likeness (QED) is 0.0896. The standard InChI is InChI=1S/C54H61ClN10O6S2/c1-29-32(4)73-53-46(29)47(36-13-15-38(55)16-14-36)59-42(50-62-61-33(5)65(50)53)22-39(66)21-34-19-20-63(25-34)44-18-17-41(24-56-44)71-27-45(68)60-49(54(6,7)8)52(70)64-26-40(67)23-43(64)51(69)58-30(2)35-9-11-37(12-10-35)48-31(3)57-28-72-48/h9-18,24,28,30,34,40,42-43,49,67H,19-23,25-27H2,1-8H3,(H,58,69)(H,60,68)/t30-,34-,40+,42-,43-,49+/m0/s1. The number of hydrogen-bond donors (Lipinski definition) is 3. The van der Waals surface area contributed by atoms with Gasteiger partial charge in [-0.25, -0.2) is 9.97 Å². The van der Waals surface area contributed by atoms with Crippen molar-refractivity contribution in [1.82, 2.24) is 40.3 Å². The van der Waals surface area contributed by atoms with Gasteiger partial charge in [0.15, 0.2) is 12.4 Å². The highest BCUT2D eigenvalue weighted by Gasteiger charge is 2.45. The number of thiophene rings is 1. The zero-order valence-electron chi connectivity index (χ0n) is 42.3. The molecule has 4 aromatic heterocycles. The van der Waals surface area contributed by atoms with Crippen molar-refractivity contribution in [3.05, 3.63) is 122 Å². The van der Waals surface area contributed by atoms with E-state index in [0.29, 0.717) is 29.6 Å². The number of rotatable bonds is 15. The predicted molar refractivity (Wildman–Crippen MR) is 284 cm³/mol. The lowest BCUT2D eigenvalue weighted by Gasteiger charge is -2.35. The van der Waals surface area contributed by atoms with Crippen molar-refractivity contribution in [2.45, 2.75) is 111 Å². The summed E-state index contributed by atoms with van der Waals surface area (Å²) in [5, 5.41) is 27.2. The molecule has 2 fully saturated rings. The van der Waals surface area contributed by atoms with E-state index in [1.807, 2.05) is 102 Å². The number of aromatic nitrogens is 5. The van der Waals surface area contributed by atoms with Crippen LogP contribution in [-0.2, 0) is 19.2 Å². The molecular weight excluding hydrogens is 984 g/mol. The molecule has 19 heteroatoms. The number of halogens is 1. The smallest absolute Gasteiger partial charge is 0.258 e. The molecule has 3 aliphatic rings. The first kappa shape index (κ1) is 51.6. The Balaban J connectivity index is 0.780. The molecule has 0 spiro atoms. The molecule has 9 rings (SSSR count). The lowest BCUT2D eigenvalue weighted by molar-refractivity contribution is -0.144. The maximum atomic E-state index is 14.2. The van der Waals surface area contributed by atoms with Gasteiger partial charge in [0.05, 0.1) is 40.1 Å². The zero-order chi connectivity index (χ0) is 51.9. The topological polar surface area (TPSA) is 197 Å². The van der Waals surface area contributed by atoms with E-state index >= 15 is 0 Å². The number of aryl methyl sites for hydroxylation is 3. The van der Waals surface area contributed by atoms with Gasteiger partial charge in [-0.2, -0.15) is 0 Å². The number of thiazole rings is 1. The third-order valence-electron chi connectivity index (χ3n) is 14.1. The van der Waals surface area contributed by atoms with E-state index in [4.69, 9.17) is 21.3 Å². The Bertz CT molecular complexity index is 3050. The maximum Gasteiger partial charge on any atom is 0.258 e. The minimum Gasteiger partial charge on any atom is -0.482 e. The molecule has 0 saturated carbocycles. The van der Waals surface area contributed by atoms with E-state index in [1.165, 1.54) is 9.78 Å². The Kier molecular flexibility index (Phi) is 15.0. The maximum absolute atomic E-state index is 14.2. The molecule has 3 N–H and O–H groups in total. The number of aliphatic hydroxyl groups excluding tert-OH is 1. The summed E-state index contributed by atoms with van der Waals surface area (Å²) >= 11 is 9.54. The number of fused-ring (bicyclic) bond motifs is 3. The molecule has 0 unspecified atom stereocenters. The number of nitrogens with one attached hydrogen (secondary N) is 2. The minimum absolute atomic E-state index is 0.0393. The molecule has 382 valence electrons. The van der Waals surface area contributed by atoms with Gasteiger partial charge in [0.2, 0.25) is 11.8 Å². The Morgan fingerprint density at radius 3 is 2.34 bits per heavy atom.